The Morgan fingerprint density at radius 3 is 2.68 bits per heavy atom. The number of methoxy groups -OCH3 is 1. The lowest BCUT2D eigenvalue weighted by Gasteiger charge is -2.15. The van der Waals surface area contributed by atoms with E-state index in [1.807, 2.05) is 7.05 Å². The summed E-state index contributed by atoms with van der Waals surface area (Å²) in [5, 5.41) is 4.78. The SMILES string of the molecule is COc1cnn(C)c1C(N)COc1ccc(Cl)cc1. The normalized spacial score (nSPS) is 12.2. The van der Waals surface area contributed by atoms with Crippen LogP contribution in [0, 0.1) is 0 Å². The molecule has 19 heavy (non-hydrogen) atoms. The fraction of sp³-hybridized carbons (Fsp3) is 0.308. The minimum Gasteiger partial charge on any atom is -0.493 e. The summed E-state index contributed by atoms with van der Waals surface area (Å²) in [5.41, 5.74) is 6.90. The van der Waals surface area contributed by atoms with Gasteiger partial charge in [-0.05, 0) is 24.3 Å². The van der Waals surface area contributed by atoms with E-state index in [0.29, 0.717) is 17.4 Å². The molecule has 2 aromatic rings. The van der Waals surface area contributed by atoms with Gasteiger partial charge in [0.1, 0.15) is 18.1 Å². The number of nitrogens with zero attached hydrogens (tertiary/aromatic N) is 2. The van der Waals surface area contributed by atoms with E-state index in [2.05, 4.69) is 5.10 Å². The molecular weight excluding hydrogens is 266 g/mol. The van der Waals surface area contributed by atoms with Gasteiger partial charge in [0.25, 0.3) is 0 Å². The second-order valence-electron chi connectivity index (χ2n) is 4.09. The van der Waals surface area contributed by atoms with Gasteiger partial charge in [0.15, 0.2) is 5.75 Å². The van der Waals surface area contributed by atoms with E-state index in [1.165, 1.54) is 0 Å². The van der Waals surface area contributed by atoms with Crippen LogP contribution >= 0.6 is 11.6 Å². The maximum absolute atomic E-state index is 6.10. The largest absolute Gasteiger partial charge is 0.493 e. The standard InChI is InChI=1S/C13H16ClN3O2/c1-17-13(12(18-2)7-16-17)11(15)8-19-10-5-3-9(14)4-6-10/h3-7,11H,8,15H2,1-2H3. The second kappa shape index (κ2) is 5.95. The molecular formula is C13H16ClN3O2. The molecule has 1 unspecified atom stereocenters. The number of hydrogen-bond donors (Lipinski definition) is 1. The number of ether oxygens (including phenoxy) is 2. The molecule has 1 aromatic heterocycles. The lowest BCUT2D eigenvalue weighted by molar-refractivity contribution is 0.281. The molecule has 1 atom stereocenters. The first-order valence-electron chi connectivity index (χ1n) is 5.81. The highest BCUT2D eigenvalue weighted by Crippen LogP contribution is 2.23. The topological polar surface area (TPSA) is 62.3 Å². The molecule has 1 aromatic carbocycles. The van der Waals surface area contributed by atoms with Crippen LogP contribution in [0.2, 0.25) is 5.02 Å². The first-order valence-corrected chi connectivity index (χ1v) is 6.19. The Bertz CT molecular complexity index is 539. The number of nitrogens with two attached hydrogens (primary N) is 1. The summed E-state index contributed by atoms with van der Waals surface area (Å²) in [6.07, 6.45) is 1.64. The van der Waals surface area contributed by atoms with Crippen molar-refractivity contribution in [2.75, 3.05) is 13.7 Å². The molecule has 0 saturated heterocycles. The Morgan fingerprint density at radius 1 is 1.37 bits per heavy atom. The van der Waals surface area contributed by atoms with Crippen LogP contribution in [-0.4, -0.2) is 23.5 Å². The number of benzene rings is 1. The maximum atomic E-state index is 6.10. The average molecular weight is 282 g/mol. The zero-order valence-electron chi connectivity index (χ0n) is 10.8. The average Bonchev–Trinajstić information content (AvgIpc) is 2.79. The van der Waals surface area contributed by atoms with Gasteiger partial charge in [-0.15, -0.1) is 0 Å². The first kappa shape index (κ1) is 13.7. The van der Waals surface area contributed by atoms with Gasteiger partial charge in [0.05, 0.1) is 19.3 Å². The summed E-state index contributed by atoms with van der Waals surface area (Å²) < 4.78 is 12.5. The predicted octanol–water partition coefficient (Wildman–Crippen LogP) is 2.16. The van der Waals surface area contributed by atoms with E-state index in [-0.39, 0.29) is 6.04 Å². The van der Waals surface area contributed by atoms with E-state index < -0.39 is 0 Å². The summed E-state index contributed by atoms with van der Waals surface area (Å²) in [7, 11) is 3.41. The third-order valence-corrected chi connectivity index (χ3v) is 3.02. The lowest BCUT2D eigenvalue weighted by atomic mass is 10.2. The number of aryl methyl sites for hydroxylation is 1. The zero-order valence-corrected chi connectivity index (χ0v) is 11.6. The van der Waals surface area contributed by atoms with E-state index in [9.17, 15) is 0 Å². The fourth-order valence-corrected chi connectivity index (χ4v) is 1.93. The van der Waals surface area contributed by atoms with E-state index in [0.717, 1.165) is 11.4 Å². The third kappa shape index (κ3) is 3.19. The third-order valence-electron chi connectivity index (χ3n) is 2.76. The quantitative estimate of drug-likeness (QED) is 0.912. The van der Waals surface area contributed by atoms with Crippen LogP contribution in [0.25, 0.3) is 0 Å². The van der Waals surface area contributed by atoms with Gasteiger partial charge >= 0.3 is 0 Å². The van der Waals surface area contributed by atoms with Crippen molar-refractivity contribution in [1.29, 1.82) is 0 Å². The van der Waals surface area contributed by atoms with Crippen LogP contribution in [0.3, 0.4) is 0 Å². The van der Waals surface area contributed by atoms with Crippen LogP contribution in [0.15, 0.2) is 30.5 Å². The van der Waals surface area contributed by atoms with Crippen molar-refractivity contribution in [2.24, 2.45) is 12.8 Å². The molecule has 0 bridgehead atoms. The molecule has 0 aliphatic heterocycles. The highest BCUT2D eigenvalue weighted by molar-refractivity contribution is 6.30. The fourth-order valence-electron chi connectivity index (χ4n) is 1.80. The van der Waals surface area contributed by atoms with E-state index in [1.54, 1.807) is 42.3 Å². The van der Waals surface area contributed by atoms with Crippen LogP contribution < -0.4 is 15.2 Å². The number of rotatable bonds is 5. The van der Waals surface area contributed by atoms with Gasteiger partial charge in [-0.1, -0.05) is 11.6 Å². The van der Waals surface area contributed by atoms with Crippen LogP contribution in [0.4, 0.5) is 0 Å². The number of halogens is 1. The predicted molar refractivity (Wildman–Crippen MR) is 73.6 cm³/mol. The molecule has 0 radical (unpaired) electrons. The first-order chi connectivity index (χ1) is 9.11. The summed E-state index contributed by atoms with van der Waals surface area (Å²) in [5.74, 6) is 1.38. The van der Waals surface area contributed by atoms with Crippen molar-refractivity contribution in [3.63, 3.8) is 0 Å². The summed E-state index contributed by atoms with van der Waals surface area (Å²) >= 11 is 5.81. The molecule has 102 valence electrons. The van der Waals surface area contributed by atoms with Crippen molar-refractivity contribution < 1.29 is 9.47 Å². The van der Waals surface area contributed by atoms with Crippen LogP contribution in [-0.2, 0) is 7.05 Å². The highest BCUT2D eigenvalue weighted by Gasteiger charge is 2.17. The van der Waals surface area contributed by atoms with Crippen molar-refractivity contribution in [2.45, 2.75) is 6.04 Å². The van der Waals surface area contributed by atoms with Gasteiger partial charge in [0, 0.05) is 12.1 Å². The summed E-state index contributed by atoms with van der Waals surface area (Å²) in [6, 6.07) is 6.82. The molecule has 0 aliphatic carbocycles. The van der Waals surface area contributed by atoms with Gasteiger partial charge in [-0.25, -0.2) is 0 Å². The van der Waals surface area contributed by atoms with Crippen molar-refractivity contribution >= 4 is 11.6 Å². The number of aromatic nitrogens is 2. The Morgan fingerprint density at radius 2 is 2.05 bits per heavy atom. The minimum atomic E-state index is -0.321. The molecule has 0 amide bonds. The van der Waals surface area contributed by atoms with Crippen molar-refractivity contribution in [3.8, 4) is 11.5 Å². The molecule has 5 nitrogen and oxygen atoms in total. The smallest absolute Gasteiger partial charge is 0.161 e. The molecule has 0 fully saturated rings. The zero-order chi connectivity index (χ0) is 13.8. The van der Waals surface area contributed by atoms with Gasteiger partial charge < -0.3 is 15.2 Å². The molecule has 6 heteroatoms. The highest BCUT2D eigenvalue weighted by atomic mass is 35.5. The molecule has 2 rings (SSSR count). The molecule has 0 spiro atoms. The molecule has 1 heterocycles. The minimum absolute atomic E-state index is 0.321. The van der Waals surface area contributed by atoms with Crippen LogP contribution in [0.1, 0.15) is 11.7 Å². The second-order valence-corrected chi connectivity index (χ2v) is 4.53. The van der Waals surface area contributed by atoms with Gasteiger partial charge in [0.2, 0.25) is 0 Å². The van der Waals surface area contributed by atoms with Gasteiger partial charge in [-0.3, -0.25) is 4.68 Å². The van der Waals surface area contributed by atoms with E-state index in [4.69, 9.17) is 26.8 Å². The summed E-state index contributed by atoms with van der Waals surface area (Å²) in [6.45, 7) is 0.331. The molecule has 0 saturated carbocycles. The Hall–Kier alpha value is -1.72. The molecule has 2 N–H and O–H groups in total. The summed E-state index contributed by atoms with van der Waals surface area (Å²) in [4.78, 5) is 0. The monoisotopic (exact) mass is 281 g/mol. The van der Waals surface area contributed by atoms with Crippen molar-refractivity contribution in [3.05, 3.63) is 41.2 Å². The number of hydrogen-bond acceptors (Lipinski definition) is 4. The van der Waals surface area contributed by atoms with Gasteiger partial charge in [-0.2, -0.15) is 5.10 Å². The maximum Gasteiger partial charge on any atom is 0.161 e. The Kier molecular flexibility index (Phi) is 4.29. The molecule has 0 aliphatic rings. The van der Waals surface area contributed by atoms with Crippen LogP contribution in [0.5, 0.6) is 11.5 Å². The Labute approximate surface area is 116 Å². The van der Waals surface area contributed by atoms with Crippen molar-refractivity contribution in [1.82, 2.24) is 9.78 Å². The lowest BCUT2D eigenvalue weighted by Crippen LogP contribution is -2.22. The van der Waals surface area contributed by atoms with E-state index >= 15 is 0 Å². The Balaban J connectivity index is 2.03.